The van der Waals surface area contributed by atoms with E-state index in [1.54, 1.807) is 19.3 Å². The Bertz CT molecular complexity index is 585. The topological polar surface area (TPSA) is 32.3 Å². The van der Waals surface area contributed by atoms with Gasteiger partial charge in [-0.2, -0.15) is 0 Å². The number of aromatic nitrogens is 2. The summed E-state index contributed by atoms with van der Waals surface area (Å²) in [6.45, 7) is 8.05. The Balaban J connectivity index is 1.21. The van der Waals surface area contributed by atoms with E-state index in [4.69, 9.17) is 4.98 Å². The molecule has 0 radical (unpaired) electrons. The lowest BCUT2D eigenvalue weighted by atomic mass is 9.52. The van der Waals surface area contributed by atoms with Gasteiger partial charge in [-0.15, -0.1) is 0 Å². The van der Waals surface area contributed by atoms with Gasteiger partial charge in [0.1, 0.15) is 5.82 Å². The minimum atomic E-state index is 0.588. The van der Waals surface area contributed by atoms with Gasteiger partial charge in [0.25, 0.3) is 0 Å². The molecule has 4 nitrogen and oxygen atoms in total. The van der Waals surface area contributed by atoms with Crippen molar-refractivity contribution in [2.45, 2.75) is 64.0 Å². The van der Waals surface area contributed by atoms with Crippen molar-refractivity contribution >= 4 is 0 Å². The molecular weight excluding hydrogens is 308 g/mol. The monoisotopic (exact) mass is 340 g/mol. The molecule has 0 N–H and O–H groups in total. The van der Waals surface area contributed by atoms with Gasteiger partial charge in [-0.3, -0.25) is 9.80 Å². The Morgan fingerprint density at radius 1 is 1.00 bits per heavy atom. The first kappa shape index (κ1) is 16.2. The quantitative estimate of drug-likeness (QED) is 0.843. The van der Waals surface area contributed by atoms with Crippen LogP contribution in [0.4, 0.5) is 0 Å². The summed E-state index contributed by atoms with van der Waals surface area (Å²) in [5, 5.41) is 0. The lowest BCUT2D eigenvalue weighted by Crippen LogP contribution is -2.63. The molecule has 6 rings (SSSR count). The molecule has 1 aromatic rings. The predicted octanol–water partition coefficient (Wildman–Crippen LogP) is 3.13. The third kappa shape index (κ3) is 3.02. The molecule has 0 unspecified atom stereocenters. The van der Waals surface area contributed by atoms with Crippen molar-refractivity contribution in [1.82, 2.24) is 19.8 Å². The second-order valence-electron chi connectivity index (χ2n) is 9.22. The van der Waals surface area contributed by atoms with E-state index in [0.717, 1.165) is 36.5 Å². The van der Waals surface area contributed by atoms with E-state index in [1.165, 1.54) is 51.1 Å². The van der Waals surface area contributed by atoms with E-state index < -0.39 is 0 Å². The summed E-state index contributed by atoms with van der Waals surface area (Å²) in [6, 6.07) is 2.09. The third-order valence-corrected chi connectivity index (χ3v) is 7.51. The number of rotatable bonds is 4. The highest BCUT2D eigenvalue weighted by molar-refractivity contribution is 5.08. The highest BCUT2D eigenvalue weighted by Gasteiger charge is 2.53. The Labute approximate surface area is 152 Å². The lowest BCUT2D eigenvalue weighted by molar-refractivity contribution is -0.102. The first-order valence-corrected chi connectivity index (χ1v) is 10.5. The first-order valence-electron chi connectivity index (χ1n) is 10.5. The van der Waals surface area contributed by atoms with E-state index in [2.05, 4.69) is 27.8 Å². The second-order valence-corrected chi connectivity index (χ2v) is 9.22. The predicted molar refractivity (Wildman–Crippen MR) is 99.2 cm³/mol. The van der Waals surface area contributed by atoms with Gasteiger partial charge in [-0.25, -0.2) is 9.97 Å². The van der Waals surface area contributed by atoms with Crippen molar-refractivity contribution in [3.63, 3.8) is 0 Å². The van der Waals surface area contributed by atoms with Crippen molar-refractivity contribution in [3.8, 4) is 0 Å². The number of aryl methyl sites for hydroxylation is 1. The van der Waals surface area contributed by atoms with Crippen LogP contribution in [0.15, 0.2) is 12.3 Å². The Morgan fingerprint density at radius 2 is 1.64 bits per heavy atom. The molecule has 0 aromatic carbocycles. The minimum absolute atomic E-state index is 0.588. The van der Waals surface area contributed by atoms with Crippen molar-refractivity contribution in [3.05, 3.63) is 23.8 Å². The maximum atomic E-state index is 4.69. The van der Waals surface area contributed by atoms with Crippen LogP contribution in [0.2, 0.25) is 0 Å². The summed E-state index contributed by atoms with van der Waals surface area (Å²) in [5.74, 6) is 4.14. The zero-order chi connectivity index (χ0) is 16.9. The van der Waals surface area contributed by atoms with Crippen molar-refractivity contribution in [2.24, 2.45) is 17.8 Å². The smallest absolute Gasteiger partial charge is 0.128 e. The zero-order valence-corrected chi connectivity index (χ0v) is 15.7. The molecule has 4 heteroatoms. The molecule has 0 atom stereocenters. The van der Waals surface area contributed by atoms with Gasteiger partial charge in [-0.1, -0.05) is 6.92 Å². The molecule has 1 aromatic heterocycles. The Kier molecular flexibility index (Phi) is 4.09. The Morgan fingerprint density at radius 3 is 2.24 bits per heavy atom. The van der Waals surface area contributed by atoms with Crippen LogP contribution in [0, 0.1) is 17.8 Å². The minimum Gasteiger partial charge on any atom is -0.295 e. The molecule has 136 valence electrons. The Hall–Kier alpha value is -1.00. The van der Waals surface area contributed by atoms with Gasteiger partial charge in [0.15, 0.2) is 0 Å². The van der Waals surface area contributed by atoms with E-state index in [9.17, 15) is 0 Å². The molecule has 4 aliphatic carbocycles. The number of hydrogen-bond acceptors (Lipinski definition) is 4. The van der Waals surface area contributed by atoms with Crippen LogP contribution in [0.5, 0.6) is 0 Å². The fourth-order valence-electron chi connectivity index (χ4n) is 6.76. The van der Waals surface area contributed by atoms with Gasteiger partial charge < -0.3 is 0 Å². The maximum Gasteiger partial charge on any atom is 0.128 e. The van der Waals surface area contributed by atoms with Crippen molar-refractivity contribution < 1.29 is 0 Å². The van der Waals surface area contributed by atoms with Gasteiger partial charge in [0.05, 0.1) is 5.69 Å². The first-order chi connectivity index (χ1) is 12.2. The molecule has 1 aliphatic heterocycles. The van der Waals surface area contributed by atoms with Crippen LogP contribution < -0.4 is 0 Å². The molecular formula is C21H32N4. The molecule has 5 fully saturated rings. The largest absolute Gasteiger partial charge is 0.295 e. The maximum absolute atomic E-state index is 4.69. The van der Waals surface area contributed by atoms with Gasteiger partial charge in [0, 0.05) is 50.9 Å². The second kappa shape index (κ2) is 6.31. The van der Waals surface area contributed by atoms with Gasteiger partial charge in [0.2, 0.25) is 0 Å². The highest BCUT2D eigenvalue weighted by atomic mass is 15.3. The van der Waals surface area contributed by atoms with Crippen LogP contribution >= 0.6 is 0 Å². The summed E-state index contributed by atoms with van der Waals surface area (Å²) in [5.41, 5.74) is 1.78. The molecule has 1 saturated heterocycles. The van der Waals surface area contributed by atoms with Gasteiger partial charge in [-0.05, 0) is 62.3 Å². The number of piperazine rings is 1. The van der Waals surface area contributed by atoms with E-state index in [0.29, 0.717) is 5.54 Å². The molecule has 4 bridgehead atoms. The summed E-state index contributed by atoms with van der Waals surface area (Å²) in [4.78, 5) is 14.5. The van der Waals surface area contributed by atoms with Crippen LogP contribution in [-0.4, -0.2) is 51.5 Å². The summed E-state index contributed by atoms with van der Waals surface area (Å²) < 4.78 is 0. The molecule has 0 spiro atoms. The third-order valence-electron chi connectivity index (χ3n) is 7.51. The normalized spacial score (nSPS) is 38.4. The van der Waals surface area contributed by atoms with Gasteiger partial charge >= 0.3 is 0 Å². The standard InChI is InChI=1S/C21H32N4/c1-2-20-22-4-3-19(23-20)15-24-5-7-25(8-6-24)21-12-16-9-17(13-21)11-18(10-16)14-21/h3-4,16-18H,2,5-15H2,1H3. The fourth-order valence-corrected chi connectivity index (χ4v) is 6.76. The van der Waals surface area contributed by atoms with E-state index >= 15 is 0 Å². The zero-order valence-electron chi connectivity index (χ0n) is 15.7. The molecule has 0 amide bonds. The number of nitrogens with zero attached hydrogens (tertiary/aromatic N) is 4. The average molecular weight is 341 g/mol. The molecule has 4 saturated carbocycles. The van der Waals surface area contributed by atoms with E-state index in [-0.39, 0.29) is 0 Å². The fraction of sp³-hybridized carbons (Fsp3) is 0.810. The van der Waals surface area contributed by atoms with Crippen molar-refractivity contribution in [1.29, 1.82) is 0 Å². The van der Waals surface area contributed by atoms with E-state index in [1.807, 2.05) is 6.20 Å². The van der Waals surface area contributed by atoms with Crippen LogP contribution in [0.25, 0.3) is 0 Å². The summed E-state index contributed by atoms with van der Waals surface area (Å²) >= 11 is 0. The highest BCUT2D eigenvalue weighted by Crippen LogP contribution is 2.57. The van der Waals surface area contributed by atoms with Crippen LogP contribution in [-0.2, 0) is 13.0 Å². The summed E-state index contributed by atoms with van der Waals surface area (Å²) in [6.07, 6.45) is 12.0. The SMILES string of the molecule is CCc1nccc(CN2CCN(C34CC5CC(CC(C5)C3)C4)CC2)n1. The molecule has 5 aliphatic rings. The molecule has 2 heterocycles. The lowest BCUT2D eigenvalue weighted by Gasteiger charge is -2.61. The average Bonchev–Trinajstić information content (AvgIpc) is 2.61. The van der Waals surface area contributed by atoms with Crippen molar-refractivity contribution in [2.75, 3.05) is 26.2 Å². The van der Waals surface area contributed by atoms with Crippen LogP contribution in [0.1, 0.15) is 57.0 Å². The number of hydrogen-bond donors (Lipinski definition) is 0. The summed E-state index contributed by atoms with van der Waals surface area (Å²) in [7, 11) is 0. The molecule has 25 heavy (non-hydrogen) atoms. The van der Waals surface area contributed by atoms with Crippen LogP contribution in [0.3, 0.4) is 0 Å².